The molecule has 4 aromatic rings. The molecule has 0 bridgehead atoms. The molecule has 0 aliphatic heterocycles. The molecule has 292 valence electrons. The van der Waals surface area contributed by atoms with Gasteiger partial charge in [0.25, 0.3) is 0 Å². The van der Waals surface area contributed by atoms with Crippen molar-refractivity contribution in [2.24, 2.45) is 0 Å². The number of Topliss-reactive ketones (excluding diaryl/α,β-unsaturated/α-hetero) is 1. The van der Waals surface area contributed by atoms with Gasteiger partial charge in [0, 0.05) is 0 Å². The van der Waals surface area contributed by atoms with E-state index in [-0.39, 0.29) is 12.1 Å². The third-order valence-corrected chi connectivity index (χ3v) is 10.0. The van der Waals surface area contributed by atoms with Crippen molar-refractivity contribution < 1.29 is 108 Å². The van der Waals surface area contributed by atoms with E-state index in [4.69, 9.17) is 0 Å². The molecule has 0 amide bonds. The van der Waals surface area contributed by atoms with Gasteiger partial charge < -0.3 is 12.5 Å². The fraction of sp³-hybridized carbons (Fsp3) is 0.0385. The number of benzene rings is 4. The van der Waals surface area contributed by atoms with E-state index in [0.717, 1.165) is 0 Å². The Morgan fingerprint density at radius 2 is 0.630 bits per heavy atom. The lowest BCUT2D eigenvalue weighted by Crippen LogP contribution is -2.22. The van der Waals surface area contributed by atoms with Gasteiger partial charge in [-0.15, -0.1) is 0 Å². The van der Waals surface area contributed by atoms with Gasteiger partial charge in [-0.05, 0) is 19.1 Å². The lowest BCUT2D eigenvalue weighted by atomic mass is 10.1. The van der Waals surface area contributed by atoms with Crippen LogP contribution in [0, 0.1) is 87.3 Å². The molecule has 0 aromatic heterocycles. The maximum atomic E-state index is 14.5. The van der Waals surface area contributed by atoms with Crippen LogP contribution in [0.1, 0.15) is 17.3 Å². The van der Waals surface area contributed by atoms with E-state index < -0.39 is 161 Å². The molecule has 0 fully saturated rings. The van der Waals surface area contributed by atoms with E-state index in [9.17, 15) is 95.9 Å². The van der Waals surface area contributed by atoms with Crippen molar-refractivity contribution >= 4 is 36.1 Å². The van der Waals surface area contributed by atoms with Crippen molar-refractivity contribution in [3.8, 4) is 17.2 Å². The fourth-order valence-corrected chi connectivity index (χ4v) is 7.16. The molecule has 0 radical (unpaired) electrons. The molecule has 0 aliphatic rings. The van der Waals surface area contributed by atoms with Crippen molar-refractivity contribution in [2.45, 2.75) is 21.6 Å². The number of ketones is 1. The summed E-state index contributed by atoms with van der Waals surface area (Å²) < 4.78 is 301. The normalized spacial score (nSPS) is 12.2. The topological polar surface area (TPSA) is 147 Å². The SMILES string of the molecule is CC(=O)c1ccc(OS(=O)(=O)c2c(F)c(F)c(F)c(F)c2F)c(OS(=O)(=O)c2c(F)c(F)c(F)c(F)c2F)c1OS(=O)(=O)c1c(F)c(F)c(F)c(F)c1F. The fourth-order valence-electron chi connectivity index (χ4n) is 3.92. The summed E-state index contributed by atoms with van der Waals surface area (Å²) in [6.45, 7) is 0.335. The highest BCUT2D eigenvalue weighted by molar-refractivity contribution is 7.88. The van der Waals surface area contributed by atoms with Crippen LogP contribution in [0.5, 0.6) is 17.2 Å². The minimum Gasteiger partial charge on any atom is -0.375 e. The standard InChI is InChI=1S/C26H5F15O10S3/c1-4(42)5-2-3-6(49-52(43,44)24-16(36)10(30)7(27)11(31)17(24)37)23(51-54(47,48)26-20(40)14(34)9(29)15(35)21(26)41)22(5)50-53(45,46)25-18(38)12(32)8(28)13(33)19(25)39/h2-3H,1H3. The molecule has 4 aromatic carbocycles. The zero-order valence-electron chi connectivity index (χ0n) is 24.6. The van der Waals surface area contributed by atoms with E-state index in [1.807, 2.05) is 0 Å². The van der Waals surface area contributed by atoms with Crippen molar-refractivity contribution in [3.05, 3.63) is 105 Å². The van der Waals surface area contributed by atoms with Gasteiger partial charge in [0.05, 0.1) is 5.56 Å². The first-order chi connectivity index (χ1) is 24.6. The summed E-state index contributed by atoms with van der Waals surface area (Å²) in [5.41, 5.74) is -1.61. The molecule has 54 heavy (non-hydrogen) atoms. The number of rotatable bonds is 10. The molecule has 0 unspecified atom stereocenters. The number of halogens is 15. The van der Waals surface area contributed by atoms with Gasteiger partial charge in [0.2, 0.25) is 29.0 Å². The Morgan fingerprint density at radius 1 is 0.389 bits per heavy atom. The lowest BCUT2D eigenvalue weighted by molar-refractivity contribution is 0.101. The number of carbonyl (C=O) groups is 1. The Kier molecular flexibility index (Phi) is 10.7. The van der Waals surface area contributed by atoms with Crippen LogP contribution < -0.4 is 12.5 Å². The Balaban J connectivity index is 2.14. The molecule has 0 saturated carbocycles. The molecule has 0 aliphatic carbocycles. The zero-order chi connectivity index (χ0) is 41.3. The number of carbonyl (C=O) groups excluding carboxylic acids is 1. The Hall–Kier alpha value is -5.25. The van der Waals surface area contributed by atoms with Gasteiger partial charge in [-0.25, -0.2) is 65.9 Å². The predicted molar refractivity (Wildman–Crippen MR) is 139 cm³/mol. The third-order valence-electron chi connectivity index (χ3n) is 6.30. The summed E-state index contributed by atoms with van der Waals surface area (Å²) >= 11 is 0. The van der Waals surface area contributed by atoms with E-state index >= 15 is 0 Å². The van der Waals surface area contributed by atoms with Gasteiger partial charge in [0.1, 0.15) is 0 Å². The molecule has 0 heterocycles. The van der Waals surface area contributed by atoms with Crippen LogP contribution in [0.25, 0.3) is 0 Å². The van der Waals surface area contributed by atoms with Crippen molar-refractivity contribution in [3.63, 3.8) is 0 Å². The Labute approximate surface area is 288 Å². The molecule has 0 spiro atoms. The second kappa shape index (κ2) is 13.9. The van der Waals surface area contributed by atoms with Gasteiger partial charge >= 0.3 is 30.4 Å². The monoisotopic (exact) mass is 858 g/mol. The van der Waals surface area contributed by atoms with Crippen molar-refractivity contribution in [1.29, 1.82) is 0 Å². The predicted octanol–water partition coefficient (Wildman–Crippen LogP) is 6.28. The van der Waals surface area contributed by atoms with Crippen LogP contribution in [0.3, 0.4) is 0 Å². The van der Waals surface area contributed by atoms with Crippen LogP contribution in [-0.2, 0) is 30.4 Å². The second-order valence-electron chi connectivity index (χ2n) is 9.64. The number of hydrogen-bond donors (Lipinski definition) is 0. The first kappa shape index (κ1) is 41.5. The van der Waals surface area contributed by atoms with Gasteiger partial charge in [-0.2, -0.15) is 25.3 Å². The van der Waals surface area contributed by atoms with E-state index in [1.54, 1.807) is 0 Å². The van der Waals surface area contributed by atoms with Crippen LogP contribution in [-0.4, -0.2) is 31.0 Å². The first-order valence-corrected chi connectivity index (χ1v) is 16.9. The summed E-state index contributed by atoms with van der Waals surface area (Å²) in [4.78, 5) is 3.40. The zero-order valence-corrected chi connectivity index (χ0v) is 27.1. The van der Waals surface area contributed by atoms with E-state index in [2.05, 4.69) is 12.5 Å². The Morgan fingerprint density at radius 3 is 0.907 bits per heavy atom. The molecule has 0 N–H and O–H groups in total. The minimum absolute atomic E-state index is 0.00694. The minimum atomic E-state index is -6.93. The quantitative estimate of drug-likeness (QED) is 0.0587. The molecule has 28 heteroatoms. The summed E-state index contributed by atoms with van der Waals surface area (Å²) in [5.74, 6) is -55.7. The van der Waals surface area contributed by atoms with E-state index in [0.29, 0.717) is 6.92 Å². The van der Waals surface area contributed by atoms with E-state index in [1.165, 1.54) is 0 Å². The average Bonchev–Trinajstić information content (AvgIpc) is 3.07. The van der Waals surface area contributed by atoms with Crippen molar-refractivity contribution in [2.75, 3.05) is 0 Å². The molecule has 0 atom stereocenters. The summed E-state index contributed by atoms with van der Waals surface area (Å²) in [7, 11) is -20.5. The lowest BCUT2D eigenvalue weighted by Gasteiger charge is -2.19. The van der Waals surface area contributed by atoms with Gasteiger partial charge in [-0.3, -0.25) is 4.79 Å². The summed E-state index contributed by atoms with van der Waals surface area (Å²) in [5, 5.41) is 0. The first-order valence-electron chi connectivity index (χ1n) is 12.7. The molecule has 4 rings (SSSR count). The van der Waals surface area contributed by atoms with Crippen LogP contribution in [0.4, 0.5) is 65.9 Å². The smallest absolute Gasteiger partial charge is 0.345 e. The highest BCUT2D eigenvalue weighted by Crippen LogP contribution is 2.46. The van der Waals surface area contributed by atoms with Gasteiger partial charge in [-0.1, -0.05) is 0 Å². The highest BCUT2D eigenvalue weighted by atomic mass is 32.2. The molecule has 0 saturated heterocycles. The average molecular weight is 858 g/mol. The molecule has 10 nitrogen and oxygen atoms in total. The van der Waals surface area contributed by atoms with Crippen LogP contribution in [0.15, 0.2) is 26.8 Å². The Bertz CT molecular complexity index is 2580. The summed E-state index contributed by atoms with van der Waals surface area (Å²) in [6, 6.07) is -0.158. The highest BCUT2D eigenvalue weighted by Gasteiger charge is 2.42. The van der Waals surface area contributed by atoms with Gasteiger partial charge in [0.15, 0.2) is 96.0 Å². The third kappa shape index (κ3) is 6.71. The number of hydrogen-bond acceptors (Lipinski definition) is 10. The van der Waals surface area contributed by atoms with Crippen LogP contribution >= 0.6 is 0 Å². The maximum Gasteiger partial charge on any atom is 0.345 e. The molecular formula is C26H5F15O10S3. The second-order valence-corrected chi connectivity index (χ2v) is 14.1. The van der Waals surface area contributed by atoms with Crippen molar-refractivity contribution in [1.82, 2.24) is 0 Å². The molecular weight excluding hydrogens is 853 g/mol. The summed E-state index contributed by atoms with van der Waals surface area (Å²) in [6.07, 6.45) is 0. The van der Waals surface area contributed by atoms with Crippen LogP contribution in [0.2, 0.25) is 0 Å². The maximum absolute atomic E-state index is 14.5. The largest absolute Gasteiger partial charge is 0.375 e.